The second kappa shape index (κ2) is 7.95. The van der Waals surface area contributed by atoms with Crippen LogP contribution < -0.4 is 20.4 Å². The zero-order valence-corrected chi connectivity index (χ0v) is 14.9. The highest BCUT2D eigenvalue weighted by atomic mass is 16.5. The Morgan fingerprint density at radius 1 is 1.19 bits per heavy atom. The maximum Gasteiger partial charge on any atom is 0.339 e. The van der Waals surface area contributed by atoms with Gasteiger partial charge >= 0.3 is 11.7 Å². The fourth-order valence-corrected chi connectivity index (χ4v) is 2.92. The van der Waals surface area contributed by atoms with Crippen molar-refractivity contribution in [2.45, 2.75) is 25.9 Å². The topological polar surface area (TPSA) is 81.0 Å². The van der Waals surface area contributed by atoms with E-state index in [0.717, 1.165) is 0 Å². The zero-order chi connectivity index (χ0) is 18.5. The van der Waals surface area contributed by atoms with Gasteiger partial charge in [-0.15, -0.1) is 0 Å². The summed E-state index contributed by atoms with van der Waals surface area (Å²) in [6.45, 7) is 2.88. The molecule has 2 amide bonds. The second-order valence-electron chi connectivity index (χ2n) is 6.19. The van der Waals surface area contributed by atoms with Crippen LogP contribution in [0.1, 0.15) is 18.6 Å². The minimum absolute atomic E-state index is 0.0305. The Hall–Kier alpha value is -2.96. The summed E-state index contributed by atoms with van der Waals surface area (Å²) < 4.78 is 15.9. The van der Waals surface area contributed by atoms with Gasteiger partial charge in [-0.05, 0) is 19.1 Å². The quantitative estimate of drug-likeness (QED) is 0.909. The van der Waals surface area contributed by atoms with E-state index in [-0.39, 0.29) is 12.1 Å². The Bertz CT molecular complexity index is 825. The monoisotopic (exact) mass is 358 g/mol. The Morgan fingerprint density at radius 2 is 1.96 bits per heavy atom. The molecule has 1 N–H and O–H groups in total. The Kier molecular flexibility index (Phi) is 5.46. The molecule has 0 saturated carbocycles. The SMILES string of the molecule is COc1cccc(NC(=O)N2CCC(Oc3cc(C)oc(=O)c3)CC2)c1. The maximum absolute atomic E-state index is 12.4. The highest BCUT2D eigenvalue weighted by molar-refractivity contribution is 5.89. The molecule has 2 heterocycles. The molecule has 2 aromatic rings. The molecule has 0 unspecified atom stereocenters. The molecular weight excluding hydrogens is 336 g/mol. The van der Waals surface area contributed by atoms with Crippen molar-refractivity contribution >= 4 is 11.7 Å². The first-order valence-electron chi connectivity index (χ1n) is 8.52. The van der Waals surface area contributed by atoms with Crippen molar-refractivity contribution in [1.82, 2.24) is 4.90 Å². The van der Waals surface area contributed by atoms with Gasteiger partial charge in [-0.1, -0.05) is 6.07 Å². The predicted molar refractivity (Wildman–Crippen MR) is 97.0 cm³/mol. The molecule has 3 rings (SSSR count). The van der Waals surface area contributed by atoms with Gasteiger partial charge in [0, 0.05) is 43.8 Å². The van der Waals surface area contributed by atoms with E-state index in [9.17, 15) is 9.59 Å². The van der Waals surface area contributed by atoms with Crippen molar-refractivity contribution in [1.29, 1.82) is 0 Å². The van der Waals surface area contributed by atoms with Gasteiger partial charge in [0.2, 0.25) is 0 Å². The number of urea groups is 1. The molecule has 0 radical (unpaired) electrons. The largest absolute Gasteiger partial charge is 0.497 e. The summed E-state index contributed by atoms with van der Waals surface area (Å²) >= 11 is 0. The Labute approximate surface area is 151 Å². The number of hydrogen-bond donors (Lipinski definition) is 1. The molecule has 0 atom stereocenters. The number of amides is 2. The second-order valence-corrected chi connectivity index (χ2v) is 6.19. The molecule has 0 aliphatic carbocycles. The van der Waals surface area contributed by atoms with Crippen LogP contribution in [0.5, 0.6) is 11.5 Å². The maximum atomic E-state index is 12.4. The fourth-order valence-electron chi connectivity index (χ4n) is 2.92. The number of ether oxygens (including phenoxy) is 2. The lowest BCUT2D eigenvalue weighted by molar-refractivity contribution is 0.115. The summed E-state index contributed by atoms with van der Waals surface area (Å²) in [6.07, 6.45) is 1.37. The minimum Gasteiger partial charge on any atom is -0.497 e. The lowest BCUT2D eigenvalue weighted by Crippen LogP contribution is -2.43. The summed E-state index contributed by atoms with van der Waals surface area (Å²) in [5, 5.41) is 2.88. The van der Waals surface area contributed by atoms with Crippen molar-refractivity contribution in [2.75, 3.05) is 25.5 Å². The number of benzene rings is 1. The van der Waals surface area contributed by atoms with Crippen LogP contribution in [0, 0.1) is 6.92 Å². The van der Waals surface area contributed by atoms with Gasteiger partial charge in [0.15, 0.2) is 0 Å². The summed E-state index contributed by atoms with van der Waals surface area (Å²) in [5.41, 5.74) is 0.273. The highest BCUT2D eigenvalue weighted by Gasteiger charge is 2.24. The molecule has 1 saturated heterocycles. The molecule has 7 heteroatoms. The van der Waals surface area contributed by atoms with Crippen molar-refractivity contribution in [2.24, 2.45) is 0 Å². The standard InChI is InChI=1S/C19H22N2O5/c1-13-10-17(12-18(22)25-13)26-15-6-8-21(9-7-15)19(23)20-14-4-3-5-16(11-14)24-2/h3-5,10-12,15H,6-9H2,1-2H3,(H,20,23). The van der Waals surface area contributed by atoms with Gasteiger partial charge in [-0.2, -0.15) is 0 Å². The normalized spacial score (nSPS) is 14.8. The summed E-state index contributed by atoms with van der Waals surface area (Å²) in [7, 11) is 1.59. The minimum atomic E-state index is -0.421. The van der Waals surface area contributed by atoms with Gasteiger partial charge in [0.25, 0.3) is 0 Å². The van der Waals surface area contributed by atoms with Gasteiger partial charge in [0.1, 0.15) is 23.4 Å². The molecular formula is C19H22N2O5. The van der Waals surface area contributed by atoms with Crippen molar-refractivity contribution < 1.29 is 18.7 Å². The van der Waals surface area contributed by atoms with E-state index in [0.29, 0.717) is 48.9 Å². The molecule has 1 aliphatic rings. The molecule has 7 nitrogen and oxygen atoms in total. The highest BCUT2D eigenvalue weighted by Crippen LogP contribution is 2.21. The number of methoxy groups -OCH3 is 1. The molecule has 138 valence electrons. The number of carbonyl (C=O) groups excluding carboxylic acids is 1. The molecule has 1 aliphatic heterocycles. The van der Waals surface area contributed by atoms with Crippen molar-refractivity contribution in [3.8, 4) is 11.5 Å². The fraction of sp³-hybridized carbons (Fsp3) is 0.368. The van der Waals surface area contributed by atoms with Crippen LogP contribution in [0.3, 0.4) is 0 Å². The number of likely N-dealkylation sites (tertiary alicyclic amines) is 1. The first-order chi connectivity index (χ1) is 12.5. The van der Waals surface area contributed by atoms with E-state index in [4.69, 9.17) is 13.9 Å². The van der Waals surface area contributed by atoms with Crippen LogP contribution in [0.25, 0.3) is 0 Å². The van der Waals surface area contributed by atoms with Crippen LogP contribution in [-0.4, -0.2) is 37.2 Å². The molecule has 1 aromatic carbocycles. The van der Waals surface area contributed by atoms with Crippen LogP contribution >= 0.6 is 0 Å². The number of rotatable bonds is 4. The number of hydrogen-bond acceptors (Lipinski definition) is 5. The Balaban J connectivity index is 1.52. The smallest absolute Gasteiger partial charge is 0.339 e. The van der Waals surface area contributed by atoms with Crippen LogP contribution in [0.15, 0.2) is 45.6 Å². The third kappa shape index (κ3) is 4.56. The van der Waals surface area contributed by atoms with E-state index < -0.39 is 5.63 Å². The summed E-state index contributed by atoms with van der Waals surface area (Å²) in [4.78, 5) is 25.6. The van der Waals surface area contributed by atoms with Gasteiger partial charge in [-0.25, -0.2) is 9.59 Å². The van der Waals surface area contributed by atoms with E-state index in [1.165, 1.54) is 6.07 Å². The number of carbonyl (C=O) groups is 1. The number of nitrogens with one attached hydrogen (secondary N) is 1. The average molecular weight is 358 g/mol. The van der Waals surface area contributed by atoms with Crippen molar-refractivity contribution in [3.63, 3.8) is 0 Å². The van der Waals surface area contributed by atoms with Gasteiger partial charge in [0.05, 0.1) is 13.2 Å². The zero-order valence-electron chi connectivity index (χ0n) is 14.9. The van der Waals surface area contributed by atoms with Gasteiger partial charge < -0.3 is 24.1 Å². The number of anilines is 1. The first-order valence-corrected chi connectivity index (χ1v) is 8.52. The van der Waals surface area contributed by atoms with Crippen LogP contribution in [0.2, 0.25) is 0 Å². The first kappa shape index (κ1) is 17.8. The van der Waals surface area contributed by atoms with E-state index in [2.05, 4.69) is 5.32 Å². The summed E-state index contributed by atoms with van der Waals surface area (Å²) in [6, 6.07) is 10.1. The molecule has 0 bridgehead atoms. The lowest BCUT2D eigenvalue weighted by atomic mass is 10.1. The van der Waals surface area contributed by atoms with E-state index in [1.54, 1.807) is 31.1 Å². The Morgan fingerprint density at radius 3 is 2.65 bits per heavy atom. The molecule has 1 aromatic heterocycles. The third-order valence-electron chi connectivity index (χ3n) is 4.22. The van der Waals surface area contributed by atoms with E-state index >= 15 is 0 Å². The average Bonchev–Trinajstić information content (AvgIpc) is 2.61. The summed E-state index contributed by atoms with van der Waals surface area (Å²) in [5.74, 6) is 1.72. The van der Waals surface area contributed by atoms with Gasteiger partial charge in [-0.3, -0.25) is 0 Å². The number of piperidine rings is 1. The predicted octanol–water partition coefficient (Wildman–Crippen LogP) is 3.03. The molecule has 26 heavy (non-hydrogen) atoms. The number of aryl methyl sites for hydroxylation is 1. The molecule has 0 spiro atoms. The third-order valence-corrected chi connectivity index (χ3v) is 4.22. The van der Waals surface area contributed by atoms with Crippen LogP contribution in [-0.2, 0) is 0 Å². The molecule has 1 fully saturated rings. The number of nitrogens with zero attached hydrogens (tertiary/aromatic N) is 1. The van der Waals surface area contributed by atoms with Crippen molar-refractivity contribution in [3.05, 3.63) is 52.6 Å². The van der Waals surface area contributed by atoms with E-state index in [1.807, 2.05) is 18.2 Å². The lowest BCUT2D eigenvalue weighted by Gasteiger charge is -2.32. The van der Waals surface area contributed by atoms with Crippen LogP contribution in [0.4, 0.5) is 10.5 Å².